The van der Waals surface area contributed by atoms with Crippen LogP contribution in [0.1, 0.15) is 55.3 Å². The number of hydrogen-bond donors (Lipinski definition) is 0. The fraction of sp³-hybridized carbons (Fsp3) is 0.545. The van der Waals surface area contributed by atoms with E-state index in [0.717, 1.165) is 25.7 Å². The molecule has 1 atom stereocenters. The fourth-order valence-corrected chi connectivity index (χ4v) is 4.72. The number of esters is 1. The van der Waals surface area contributed by atoms with Crippen LogP contribution >= 0.6 is 0 Å². The standard InChI is InChI=1S/C22H27N3O5/c1-23-20(28)16-9-5-6-10-17(16)25-18(26)11-12-22(23,25)21(29)30-15-19(27)24-13-7-3-2-4-8-14-24/h5-6,9-10H,2-4,7-8,11-15H2,1H3. The Kier molecular flexibility index (Phi) is 5.49. The van der Waals surface area contributed by atoms with E-state index < -0.39 is 11.6 Å². The summed E-state index contributed by atoms with van der Waals surface area (Å²) in [5.41, 5.74) is -0.760. The summed E-state index contributed by atoms with van der Waals surface area (Å²) in [4.78, 5) is 55.9. The lowest BCUT2D eigenvalue weighted by Gasteiger charge is -2.46. The van der Waals surface area contributed by atoms with Gasteiger partial charge in [0.15, 0.2) is 6.61 Å². The number of rotatable bonds is 3. The van der Waals surface area contributed by atoms with Crippen LogP contribution < -0.4 is 4.90 Å². The van der Waals surface area contributed by atoms with Crippen molar-refractivity contribution in [1.29, 1.82) is 0 Å². The number of hydrogen-bond acceptors (Lipinski definition) is 5. The first-order chi connectivity index (χ1) is 14.5. The number of anilines is 1. The molecule has 160 valence electrons. The predicted molar refractivity (Wildman–Crippen MR) is 109 cm³/mol. The Bertz CT molecular complexity index is 877. The molecule has 2 fully saturated rings. The van der Waals surface area contributed by atoms with Crippen LogP contribution in [-0.4, -0.2) is 65.9 Å². The second-order valence-corrected chi connectivity index (χ2v) is 8.15. The maximum absolute atomic E-state index is 13.2. The lowest BCUT2D eigenvalue weighted by molar-refractivity contribution is -0.161. The van der Waals surface area contributed by atoms with Crippen LogP contribution in [0.3, 0.4) is 0 Å². The van der Waals surface area contributed by atoms with E-state index in [1.165, 1.54) is 23.3 Å². The number of para-hydroxylation sites is 1. The molecule has 30 heavy (non-hydrogen) atoms. The number of amides is 3. The lowest BCUT2D eigenvalue weighted by Crippen LogP contribution is -2.67. The third-order valence-corrected chi connectivity index (χ3v) is 6.40. The number of likely N-dealkylation sites (N-methyl/N-ethyl adjacent to an activating group) is 1. The zero-order valence-electron chi connectivity index (χ0n) is 17.3. The number of carbonyl (C=O) groups excluding carboxylic acids is 4. The molecule has 0 bridgehead atoms. The number of carbonyl (C=O) groups is 4. The first-order valence-corrected chi connectivity index (χ1v) is 10.6. The number of nitrogens with zero attached hydrogens (tertiary/aromatic N) is 3. The Balaban J connectivity index is 1.54. The van der Waals surface area contributed by atoms with Gasteiger partial charge in [0.2, 0.25) is 11.6 Å². The average Bonchev–Trinajstić information content (AvgIpc) is 3.08. The SMILES string of the molecule is CN1C(=O)c2ccccc2N2C(=O)CCC12C(=O)OCC(=O)N1CCCCCCC1. The molecule has 1 aromatic rings. The first kappa shape index (κ1) is 20.4. The fourth-order valence-electron chi connectivity index (χ4n) is 4.72. The van der Waals surface area contributed by atoms with Crippen LogP contribution in [0.25, 0.3) is 0 Å². The van der Waals surface area contributed by atoms with Crippen molar-refractivity contribution in [2.75, 3.05) is 31.6 Å². The van der Waals surface area contributed by atoms with Crippen LogP contribution in [0.5, 0.6) is 0 Å². The van der Waals surface area contributed by atoms with Gasteiger partial charge in [-0.1, -0.05) is 31.4 Å². The van der Waals surface area contributed by atoms with Gasteiger partial charge in [-0.3, -0.25) is 19.3 Å². The minimum absolute atomic E-state index is 0.126. The Morgan fingerprint density at radius 1 is 1.03 bits per heavy atom. The van der Waals surface area contributed by atoms with Crippen LogP contribution in [0.15, 0.2) is 24.3 Å². The Labute approximate surface area is 175 Å². The van der Waals surface area contributed by atoms with E-state index in [4.69, 9.17) is 4.74 Å². The molecule has 3 heterocycles. The van der Waals surface area contributed by atoms with Crippen molar-refractivity contribution in [3.8, 4) is 0 Å². The van der Waals surface area contributed by atoms with E-state index in [-0.39, 0.29) is 37.2 Å². The summed E-state index contributed by atoms with van der Waals surface area (Å²) in [6.45, 7) is 0.947. The molecule has 3 aliphatic heterocycles. The molecule has 0 N–H and O–H groups in total. The second kappa shape index (κ2) is 8.08. The van der Waals surface area contributed by atoms with E-state index in [1.54, 1.807) is 29.2 Å². The molecule has 1 unspecified atom stereocenters. The smallest absolute Gasteiger partial charge is 0.354 e. The summed E-state index contributed by atoms with van der Waals surface area (Å²) in [5, 5.41) is 0. The molecule has 8 nitrogen and oxygen atoms in total. The molecule has 0 saturated carbocycles. The van der Waals surface area contributed by atoms with Gasteiger partial charge in [0.1, 0.15) is 0 Å². The van der Waals surface area contributed by atoms with Gasteiger partial charge >= 0.3 is 5.97 Å². The molecule has 1 aromatic carbocycles. The number of fused-ring (bicyclic) bond motifs is 3. The number of likely N-dealkylation sites (tertiary alicyclic amines) is 1. The van der Waals surface area contributed by atoms with E-state index in [9.17, 15) is 19.2 Å². The van der Waals surface area contributed by atoms with Crippen molar-refractivity contribution in [2.45, 2.75) is 50.6 Å². The van der Waals surface area contributed by atoms with Crippen LogP contribution in [0.2, 0.25) is 0 Å². The van der Waals surface area contributed by atoms with Gasteiger partial charge in [0.25, 0.3) is 11.8 Å². The topological polar surface area (TPSA) is 87.2 Å². The van der Waals surface area contributed by atoms with Crippen molar-refractivity contribution in [1.82, 2.24) is 9.80 Å². The van der Waals surface area contributed by atoms with Gasteiger partial charge < -0.3 is 14.5 Å². The highest BCUT2D eigenvalue weighted by atomic mass is 16.5. The molecular weight excluding hydrogens is 386 g/mol. The van der Waals surface area contributed by atoms with Gasteiger partial charge in [-0.2, -0.15) is 0 Å². The van der Waals surface area contributed by atoms with Crippen molar-refractivity contribution >= 4 is 29.4 Å². The Morgan fingerprint density at radius 3 is 2.43 bits per heavy atom. The molecule has 0 radical (unpaired) electrons. The molecule has 8 heteroatoms. The predicted octanol–water partition coefficient (Wildman–Crippen LogP) is 1.93. The van der Waals surface area contributed by atoms with Crippen LogP contribution in [-0.2, 0) is 19.1 Å². The molecular formula is C22H27N3O5. The van der Waals surface area contributed by atoms with E-state index in [2.05, 4.69) is 0 Å². The maximum atomic E-state index is 13.2. The largest absolute Gasteiger partial charge is 0.452 e. The third kappa shape index (κ3) is 3.24. The zero-order chi connectivity index (χ0) is 21.3. The van der Waals surface area contributed by atoms with E-state index >= 15 is 0 Å². The van der Waals surface area contributed by atoms with Crippen molar-refractivity contribution in [3.63, 3.8) is 0 Å². The summed E-state index contributed by atoms with van der Waals surface area (Å²) in [6.07, 6.45) is 5.53. The Morgan fingerprint density at radius 2 is 1.70 bits per heavy atom. The van der Waals surface area contributed by atoms with Gasteiger partial charge in [0, 0.05) is 33.0 Å². The molecule has 2 saturated heterocycles. The quantitative estimate of drug-likeness (QED) is 0.707. The third-order valence-electron chi connectivity index (χ3n) is 6.40. The average molecular weight is 413 g/mol. The molecule has 3 aliphatic rings. The van der Waals surface area contributed by atoms with Crippen molar-refractivity contribution < 1.29 is 23.9 Å². The molecule has 0 aliphatic carbocycles. The first-order valence-electron chi connectivity index (χ1n) is 10.6. The lowest BCUT2D eigenvalue weighted by atomic mass is 9.97. The zero-order valence-corrected chi connectivity index (χ0v) is 17.3. The minimum atomic E-state index is -1.54. The van der Waals surface area contributed by atoms with Gasteiger partial charge in [-0.25, -0.2) is 4.79 Å². The molecule has 4 rings (SSSR count). The van der Waals surface area contributed by atoms with Gasteiger partial charge in [-0.05, 0) is 25.0 Å². The summed E-state index contributed by atoms with van der Waals surface area (Å²) in [7, 11) is 1.51. The normalized spacial score (nSPS) is 24.1. The number of benzene rings is 1. The van der Waals surface area contributed by atoms with Crippen molar-refractivity contribution in [2.24, 2.45) is 0 Å². The molecule has 0 aromatic heterocycles. The van der Waals surface area contributed by atoms with Crippen LogP contribution in [0.4, 0.5) is 5.69 Å². The molecule has 0 spiro atoms. The van der Waals surface area contributed by atoms with Gasteiger partial charge in [-0.15, -0.1) is 0 Å². The van der Waals surface area contributed by atoms with E-state index in [1.807, 2.05) is 0 Å². The van der Waals surface area contributed by atoms with Gasteiger partial charge in [0.05, 0.1) is 11.3 Å². The van der Waals surface area contributed by atoms with Crippen LogP contribution in [0, 0.1) is 0 Å². The summed E-state index contributed by atoms with van der Waals surface area (Å²) < 4.78 is 5.44. The van der Waals surface area contributed by atoms with Crippen molar-refractivity contribution in [3.05, 3.63) is 29.8 Å². The molecule has 3 amide bonds. The maximum Gasteiger partial charge on any atom is 0.354 e. The highest BCUT2D eigenvalue weighted by Crippen LogP contribution is 2.44. The highest BCUT2D eigenvalue weighted by Gasteiger charge is 2.60. The van der Waals surface area contributed by atoms with E-state index in [0.29, 0.717) is 24.3 Å². The Hall–Kier alpha value is -2.90. The second-order valence-electron chi connectivity index (χ2n) is 8.15. The monoisotopic (exact) mass is 413 g/mol. The number of ether oxygens (including phenoxy) is 1. The summed E-state index contributed by atoms with van der Waals surface area (Å²) >= 11 is 0. The summed E-state index contributed by atoms with van der Waals surface area (Å²) in [6, 6.07) is 6.75. The minimum Gasteiger partial charge on any atom is -0.452 e. The summed E-state index contributed by atoms with van der Waals surface area (Å²) in [5.74, 6) is -1.56. The highest BCUT2D eigenvalue weighted by molar-refractivity contribution is 6.15.